The minimum Gasteiger partial charge on any atom is -1.00 e. The van der Waals surface area contributed by atoms with E-state index in [4.69, 9.17) is 20.4 Å². The third-order valence-corrected chi connectivity index (χ3v) is 0.805. The molecule has 0 radical (unpaired) electrons. The van der Waals surface area contributed by atoms with Crippen LogP contribution in [0.25, 0.3) is 0 Å². The van der Waals surface area contributed by atoms with Gasteiger partial charge in [-0.05, 0) is 0 Å². The molecule has 0 amide bonds. The van der Waals surface area contributed by atoms with Crippen LogP contribution in [0.15, 0.2) is 0 Å². The van der Waals surface area contributed by atoms with Crippen LogP contribution in [-0.2, 0) is 9.59 Å². The first kappa shape index (κ1) is 17.8. The van der Waals surface area contributed by atoms with Crippen molar-refractivity contribution in [1.82, 2.24) is 0 Å². The molecule has 2 atom stereocenters. The van der Waals surface area contributed by atoms with Gasteiger partial charge in [-0.25, -0.2) is 9.59 Å². The molecule has 0 aromatic rings. The molecule has 2 unspecified atom stereocenters. The Morgan fingerprint density at radius 2 is 1.08 bits per heavy atom. The SMILES string of the molecule is O=C(O)C(O)C(O)C(=O)O.[F-].[Na+]. The van der Waals surface area contributed by atoms with Crippen molar-refractivity contribution in [2.75, 3.05) is 0 Å². The summed E-state index contributed by atoms with van der Waals surface area (Å²) in [6.07, 6.45) is -4.53. The number of hydrogen-bond donors (Lipinski definition) is 4. The smallest absolute Gasteiger partial charge is 1.00 e. The van der Waals surface area contributed by atoms with E-state index < -0.39 is 24.1 Å². The van der Waals surface area contributed by atoms with Crippen molar-refractivity contribution in [3.8, 4) is 0 Å². The number of halogens is 1. The van der Waals surface area contributed by atoms with Gasteiger partial charge in [0.2, 0.25) is 0 Å². The zero-order valence-corrected chi connectivity index (χ0v) is 8.14. The molecular formula is C4H6FNaO6. The number of carboxylic acid groups (broad SMARTS) is 2. The summed E-state index contributed by atoms with van der Waals surface area (Å²) in [5.41, 5.74) is 0. The van der Waals surface area contributed by atoms with Crippen LogP contribution in [0.2, 0.25) is 0 Å². The summed E-state index contributed by atoms with van der Waals surface area (Å²) in [5, 5.41) is 32.5. The molecule has 0 saturated carbocycles. The standard InChI is InChI=1S/C4H6O6.FH.Na/c5-1(3(7)8)2(6)4(9)10;;/h1-2,5-6H,(H,7,8)(H,9,10);1H;/q;;+1/p-1. The van der Waals surface area contributed by atoms with Crippen molar-refractivity contribution in [2.24, 2.45) is 0 Å². The number of rotatable bonds is 3. The van der Waals surface area contributed by atoms with Gasteiger partial charge >= 0.3 is 41.5 Å². The maximum absolute atomic E-state index is 9.77. The van der Waals surface area contributed by atoms with Crippen LogP contribution in [0.1, 0.15) is 0 Å². The molecule has 4 N–H and O–H groups in total. The van der Waals surface area contributed by atoms with E-state index in [1.165, 1.54) is 0 Å². The van der Waals surface area contributed by atoms with Gasteiger partial charge in [0, 0.05) is 0 Å². The maximum Gasteiger partial charge on any atom is 1.00 e. The van der Waals surface area contributed by atoms with Gasteiger partial charge in [-0.3, -0.25) is 0 Å². The average molecular weight is 192 g/mol. The van der Waals surface area contributed by atoms with Crippen molar-refractivity contribution in [3.05, 3.63) is 0 Å². The van der Waals surface area contributed by atoms with E-state index in [0.29, 0.717) is 0 Å². The molecule has 0 heterocycles. The molecule has 0 spiro atoms. The second kappa shape index (κ2) is 7.44. The largest absolute Gasteiger partial charge is 1.00 e. The molecule has 0 bridgehead atoms. The molecule has 6 nitrogen and oxygen atoms in total. The Hall–Kier alpha value is -0.210. The van der Waals surface area contributed by atoms with E-state index in [2.05, 4.69) is 0 Å². The number of hydrogen-bond acceptors (Lipinski definition) is 4. The first-order valence-corrected chi connectivity index (χ1v) is 2.28. The minimum atomic E-state index is -2.27. The second-order valence-electron chi connectivity index (χ2n) is 1.57. The Bertz CT molecular complexity index is 144. The number of carboxylic acids is 2. The van der Waals surface area contributed by atoms with Crippen molar-refractivity contribution in [2.45, 2.75) is 12.2 Å². The summed E-state index contributed by atoms with van der Waals surface area (Å²) in [6, 6.07) is 0. The molecule has 8 heteroatoms. The van der Waals surface area contributed by atoms with Crippen LogP contribution in [0.4, 0.5) is 0 Å². The van der Waals surface area contributed by atoms with Gasteiger partial charge in [0.25, 0.3) is 0 Å². The molecule has 0 aromatic heterocycles. The predicted molar refractivity (Wildman–Crippen MR) is 27.3 cm³/mol. The fraction of sp³-hybridized carbons (Fsp3) is 0.500. The van der Waals surface area contributed by atoms with E-state index in [1.54, 1.807) is 0 Å². The Morgan fingerprint density at radius 3 is 1.17 bits per heavy atom. The zero-order chi connectivity index (χ0) is 8.31. The zero-order valence-electron chi connectivity index (χ0n) is 6.14. The van der Waals surface area contributed by atoms with Crippen LogP contribution in [0.5, 0.6) is 0 Å². The average Bonchev–Trinajstić information content (AvgIpc) is 1.84. The summed E-state index contributed by atoms with van der Waals surface area (Å²) in [4.78, 5) is 19.5. The molecule has 0 aliphatic heterocycles. The van der Waals surface area contributed by atoms with Crippen LogP contribution in [0.3, 0.4) is 0 Å². The van der Waals surface area contributed by atoms with E-state index in [9.17, 15) is 9.59 Å². The van der Waals surface area contributed by atoms with E-state index >= 15 is 0 Å². The molecule has 66 valence electrons. The van der Waals surface area contributed by atoms with Crippen molar-refractivity contribution >= 4 is 11.9 Å². The van der Waals surface area contributed by atoms with Crippen molar-refractivity contribution in [1.29, 1.82) is 0 Å². The van der Waals surface area contributed by atoms with Crippen LogP contribution in [0, 0.1) is 0 Å². The first-order chi connectivity index (χ1) is 4.46. The van der Waals surface area contributed by atoms with Gasteiger partial charge in [-0.1, -0.05) is 0 Å². The monoisotopic (exact) mass is 192 g/mol. The summed E-state index contributed by atoms with van der Waals surface area (Å²) < 4.78 is 0. The molecule has 0 aromatic carbocycles. The Morgan fingerprint density at radius 1 is 0.917 bits per heavy atom. The van der Waals surface area contributed by atoms with E-state index in [0.717, 1.165) is 0 Å². The topological polar surface area (TPSA) is 115 Å². The maximum atomic E-state index is 9.77. The van der Waals surface area contributed by atoms with Crippen molar-refractivity contribution < 1.29 is 64.3 Å². The van der Waals surface area contributed by atoms with Gasteiger partial charge in [0.15, 0.2) is 12.2 Å². The molecule has 0 aliphatic carbocycles. The molecule has 0 rings (SSSR count). The molecular weight excluding hydrogens is 186 g/mol. The first-order valence-electron chi connectivity index (χ1n) is 2.28. The van der Waals surface area contributed by atoms with E-state index in [-0.39, 0.29) is 34.3 Å². The Kier molecular flexibility index (Phi) is 11.0. The molecule has 0 saturated heterocycles. The van der Waals surface area contributed by atoms with Crippen LogP contribution < -0.4 is 34.3 Å². The Balaban J connectivity index is -0.000000405. The van der Waals surface area contributed by atoms with E-state index in [1.807, 2.05) is 0 Å². The fourth-order valence-corrected chi connectivity index (χ4v) is 0.270. The number of aliphatic carboxylic acids is 2. The second-order valence-corrected chi connectivity index (χ2v) is 1.57. The summed E-state index contributed by atoms with van der Waals surface area (Å²) in [6.45, 7) is 0. The summed E-state index contributed by atoms with van der Waals surface area (Å²) >= 11 is 0. The number of carbonyl (C=O) groups is 2. The fourth-order valence-electron chi connectivity index (χ4n) is 0.270. The third-order valence-electron chi connectivity index (χ3n) is 0.805. The third kappa shape index (κ3) is 5.44. The summed E-state index contributed by atoms with van der Waals surface area (Å²) in [5.74, 6) is -3.54. The van der Waals surface area contributed by atoms with Crippen LogP contribution in [-0.4, -0.2) is 44.6 Å². The predicted octanol–water partition coefficient (Wildman–Crippen LogP) is -8.11. The molecule has 0 fully saturated rings. The molecule has 12 heavy (non-hydrogen) atoms. The van der Waals surface area contributed by atoms with Gasteiger partial charge in [0.05, 0.1) is 0 Å². The number of aliphatic hydroxyl groups is 2. The van der Waals surface area contributed by atoms with Gasteiger partial charge < -0.3 is 25.1 Å². The number of aliphatic hydroxyl groups excluding tert-OH is 2. The molecule has 0 aliphatic rings. The van der Waals surface area contributed by atoms with Crippen molar-refractivity contribution in [3.63, 3.8) is 0 Å². The van der Waals surface area contributed by atoms with Gasteiger partial charge in [-0.2, -0.15) is 0 Å². The summed E-state index contributed by atoms with van der Waals surface area (Å²) in [7, 11) is 0. The van der Waals surface area contributed by atoms with Gasteiger partial charge in [-0.15, -0.1) is 0 Å². The van der Waals surface area contributed by atoms with Crippen LogP contribution >= 0.6 is 0 Å². The minimum absolute atomic E-state index is 0. The quantitative estimate of drug-likeness (QED) is 0.330. The van der Waals surface area contributed by atoms with Gasteiger partial charge in [0.1, 0.15) is 0 Å². The normalized spacial score (nSPS) is 13.2. The Labute approximate surface area is 88.5 Å².